The fourth-order valence-corrected chi connectivity index (χ4v) is 1.77. The van der Waals surface area contributed by atoms with E-state index in [2.05, 4.69) is 15.3 Å². The van der Waals surface area contributed by atoms with Crippen LogP contribution in [0.25, 0.3) is 11.2 Å². The van der Waals surface area contributed by atoms with E-state index in [4.69, 9.17) is 5.73 Å². The second-order valence-corrected chi connectivity index (χ2v) is 3.76. The van der Waals surface area contributed by atoms with Crippen molar-refractivity contribution in [1.82, 2.24) is 19.9 Å². The molecule has 1 unspecified atom stereocenters. The number of likely N-dealkylation sites (N-methyl/N-ethyl adjacent to an activating group) is 1. The molecular formula is C11H15N5O. The van der Waals surface area contributed by atoms with Crippen molar-refractivity contribution in [3.63, 3.8) is 0 Å². The number of rotatable bonds is 3. The fraction of sp³-hybridized carbons (Fsp3) is 0.364. The van der Waals surface area contributed by atoms with Crippen molar-refractivity contribution >= 4 is 23.0 Å². The molecule has 2 aromatic heterocycles. The van der Waals surface area contributed by atoms with Gasteiger partial charge >= 0.3 is 0 Å². The lowest BCUT2D eigenvalue weighted by molar-refractivity contribution is -0.123. The van der Waals surface area contributed by atoms with Gasteiger partial charge in [0.05, 0.1) is 0 Å². The van der Waals surface area contributed by atoms with Crippen molar-refractivity contribution < 1.29 is 4.79 Å². The van der Waals surface area contributed by atoms with E-state index in [-0.39, 0.29) is 5.91 Å². The molecule has 0 spiro atoms. The molecule has 0 aliphatic heterocycles. The Balaban J connectivity index is 2.47. The number of nitrogen functional groups attached to an aromatic ring is 1. The summed E-state index contributed by atoms with van der Waals surface area (Å²) in [7, 11) is 0. The van der Waals surface area contributed by atoms with Gasteiger partial charge in [-0.3, -0.25) is 9.36 Å². The number of amides is 1. The van der Waals surface area contributed by atoms with Crippen LogP contribution < -0.4 is 11.1 Å². The number of imidazole rings is 1. The molecule has 0 aliphatic rings. The first kappa shape index (κ1) is 11.4. The third-order valence-corrected chi connectivity index (χ3v) is 2.59. The summed E-state index contributed by atoms with van der Waals surface area (Å²) in [5.74, 6) is 0.210. The summed E-state index contributed by atoms with van der Waals surface area (Å²) in [5, 5.41) is 2.75. The number of carbonyl (C=O) groups is 1. The number of anilines is 1. The maximum Gasteiger partial charge on any atom is 0.242 e. The number of carbonyl (C=O) groups excluding carboxylic acids is 1. The lowest BCUT2D eigenvalue weighted by atomic mass is 10.3. The molecule has 0 saturated carbocycles. The third-order valence-electron chi connectivity index (χ3n) is 2.59. The van der Waals surface area contributed by atoms with Crippen molar-refractivity contribution in [2.45, 2.75) is 19.9 Å². The molecule has 3 N–H and O–H groups in total. The van der Waals surface area contributed by atoms with E-state index in [0.717, 1.165) is 0 Å². The number of fused-ring (bicyclic) bond motifs is 1. The monoisotopic (exact) mass is 233 g/mol. The highest BCUT2D eigenvalue weighted by atomic mass is 16.2. The molecule has 0 aliphatic carbocycles. The molecule has 0 aromatic carbocycles. The van der Waals surface area contributed by atoms with E-state index in [1.165, 1.54) is 0 Å². The predicted octanol–water partition coefficient (Wildman–Crippen LogP) is 0.711. The van der Waals surface area contributed by atoms with Crippen LogP contribution in [0.5, 0.6) is 0 Å². The topological polar surface area (TPSA) is 85.8 Å². The summed E-state index contributed by atoms with van der Waals surface area (Å²) in [6.07, 6.45) is 1.66. The van der Waals surface area contributed by atoms with E-state index in [0.29, 0.717) is 23.7 Å². The van der Waals surface area contributed by atoms with Crippen LogP contribution in [-0.4, -0.2) is 27.0 Å². The third kappa shape index (κ3) is 1.93. The Morgan fingerprint density at radius 2 is 2.41 bits per heavy atom. The minimum absolute atomic E-state index is 0.0934. The van der Waals surface area contributed by atoms with Crippen LogP contribution in [-0.2, 0) is 4.79 Å². The van der Waals surface area contributed by atoms with Crippen LogP contribution >= 0.6 is 0 Å². The molecule has 90 valence electrons. The maximum absolute atomic E-state index is 11.8. The van der Waals surface area contributed by atoms with Crippen molar-refractivity contribution in [1.29, 1.82) is 0 Å². The average Bonchev–Trinajstić information content (AvgIpc) is 2.64. The van der Waals surface area contributed by atoms with Gasteiger partial charge in [-0.1, -0.05) is 0 Å². The van der Waals surface area contributed by atoms with Gasteiger partial charge in [0.25, 0.3) is 0 Å². The van der Waals surface area contributed by atoms with Crippen molar-refractivity contribution in [2.75, 3.05) is 12.3 Å². The maximum atomic E-state index is 11.8. The molecule has 1 atom stereocenters. The largest absolute Gasteiger partial charge is 0.369 e. The summed E-state index contributed by atoms with van der Waals surface area (Å²) in [6.45, 7) is 4.23. The Bertz CT molecular complexity index is 548. The van der Waals surface area contributed by atoms with Crippen molar-refractivity contribution in [2.24, 2.45) is 0 Å². The zero-order valence-electron chi connectivity index (χ0n) is 9.84. The predicted molar refractivity (Wildman–Crippen MR) is 65.3 cm³/mol. The summed E-state index contributed by atoms with van der Waals surface area (Å²) >= 11 is 0. The van der Waals surface area contributed by atoms with Gasteiger partial charge in [0, 0.05) is 12.7 Å². The Kier molecular flexibility index (Phi) is 2.95. The highest BCUT2D eigenvalue weighted by Gasteiger charge is 2.20. The van der Waals surface area contributed by atoms with Gasteiger partial charge in [-0.2, -0.15) is 0 Å². The van der Waals surface area contributed by atoms with Gasteiger partial charge < -0.3 is 11.1 Å². The minimum Gasteiger partial charge on any atom is -0.369 e. The van der Waals surface area contributed by atoms with Gasteiger partial charge in [-0.15, -0.1) is 0 Å². The van der Waals surface area contributed by atoms with Crippen molar-refractivity contribution in [3.8, 4) is 0 Å². The Hall–Kier alpha value is -2.11. The van der Waals surface area contributed by atoms with Crippen molar-refractivity contribution in [3.05, 3.63) is 18.3 Å². The highest BCUT2D eigenvalue weighted by molar-refractivity contribution is 5.83. The second-order valence-electron chi connectivity index (χ2n) is 3.76. The first-order valence-corrected chi connectivity index (χ1v) is 5.51. The average molecular weight is 233 g/mol. The number of pyridine rings is 1. The highest BCUT2D eigenvalue weighted by Crippen LogP contribution is 2.20. The van der Waals surface area contributed by atoms with Crippen LogP contribution in [0.2, 0.25) is 0 Å². The number of aromatic nitrogens is 3. The molecule has 0 saturated heterocycles. The zero-order valence-corrected chi connectivity index (χ0v) is 9.84. The zero-order chi connectivity index (χ0) is 12.4. The first-order valence-electron chi connectivity index (χ1n) is 5.51. The Morgan fingerprint density at radius 3 is 3.12 bits per heavy atom. The molecule has 0 fully saturated rings. The van der Waals surface area contributed by atoms with Gasteiger partial charge in [-0.05, 0) is 26.0 Å². The molecule has 2 rings (SSSR count). The van der Waals surface area contributed by atoms with E-state index in [9.17, 15) is 4.79 Å². The summed E-state index contributed by atoms with van der Waals surface area (Å²) < 4.78 is 1.64. The van der Waals surface area contributed by atoms with Crippen LogP contribution in [0.1, 0.15) is 19.9 Å². The van der Waals surface area contributed by atoms with E-state index in [1.54, 1.807) is 23.8 Å². The smallest absolute Gasteiger partial charge is 0.242 e. The Labute approximate surface area is 98.8 Å². The molecule has 0 bridgehead atoms. The molecule has 2 heterocycles. The molecule has 1 amide bonds. The number of hydrogen-bond acceptors (Lipinski definition) is 4. The molecule has 2 aromatic rings. The minimum atomic E-state index is -0.421. The Morgan fingerprint density at radius 1 is 1.65 bits per heavy atom. The summed E-state index contributed by atoms with van der Waals surface area (Å²) in [6, 6.07) is 3.19. The van der Waals surface area contributed by atoms with Gasteiger partial charge in [0.1, 0.15) is 11.6 Å². The second kappa shape index (κ2) is 4.40. The van der Waals surface area contributed by atoms with Crippen LogP contribution in [0.4, 0.5) is 5.95 Å². The lowest BCUT2D eigenvalue weighted by Gasteiger charge is -2.14. The fourth-order valence-electron chi connectivity index (χ4n) is 1.77. The summed E-state index contributed by atoms with van der Waals surface area (Å²) in [5.41, 5.74) is 7.14. The molecule has 6 heteroatoms. The van der Waals surface area contributed by atoms with Crippen LogP contribution in [0, 0.1) is 0 Å². The van der Waals surface area contributed by atoms with E-state index >= 15 is 0 Å². The molecule has 0 radical (unpaired) electrons. The normalized spacial score (nSPS) is 12.6. The van der Waals surface area contributed by atoms with E-state index < -0.39 is 6.04 Å². The number of nitrogens with one attached hydrogen (secondary N) is 1. The SMILES string of the molecule is CCNC(=O)C(C)n1c(N)nc2cccnc21. The molecule has 17 heavy (non-hydrogen) atoms. The number of hydrogen-bond donors (Lipinski definition) is 2. The molecular weight excluding hydrogens is 218 g/mol. The lowest BCUT2D eigenvalue weighted by Crippen LogP contribution is -2.31. The van der Waals surface area contributed by atoms with E-state index in [1.807, 2.05) is 13.0 Å². The van der Waals surface area contributed by atoms with Gasteiger partial charge in [-0.25, -0.2) is 9.97 Å². The first-order chi connectivity index (χ1) is 8.15. The standard InChI is InChI=1S/C11H15N5O/c1-3-13-10(17)7(2)16-9-8(15-11(16)12)5-4-6-14-9/h4-7H,3H2,1-2H3,(H2,12,15)(H,13,17). The van der Waals surface area contributed by atoms with Gasteiger partial charge in [0.15, 0.2) is 5.65 Å². The molecule has 6 nitrogen and oxygen atoms in total. The van der Waals surface area contributed by atoms with Crippen LogP contribution in [0.3, 0.4) is 0 Å². The number of nitrogens with two attached hydrogens (primary N) is 1. The van der Waals surface area contributed by atoms with Gasteiger partial charge in [0.2, 0.25) is 11.9 Å². The summed E-state index contributed by atoms with van der Waals surface area (Å²) in [4.78, 5) is 20.2. The number of nitrogens with zero attached hydrogens (tertiary/aromatic N) is 3. The van der Waals surface area contributed by atoms with Crippen LogP contribution in [0.15, 0.2) is 18.3 Å². The quantitative estimate of drug-likeness (QED) is 0.817.